The first-order chi connectivity index (χ1) is 7.23. The summed E-state index contributed by atoms with van der Waals surface area (Å²) in [5.74, 6) is 0.770. The van der Waals surface area contributed by atoms with E-state index in [0.717, 1.165) is 24.2 Å². The van der Waals surface area contributed by atoms with Crippen LogP contribution in [0.5, 0.6) is 5.75 Å². The largest absolute Gasteiger partial charge is 0.496 e. The van der Waals surface area contributed by atoms with Crippen LogP contribution in [0.3, 0.4) is 0 Å². The zero-order valence-electron chi connectivity index (χ0n) is 8.73. The van der Waals surface area contributed by atoms with Gasteiger partial charge in [0.1, 0.15) is 5.75 Å². The Kier molecular flexibility index (Phi) is 2.37. The second-order valence-electron chi connectivity index (χ2n) is 3.99. The van der Waals surface area contributed by atoms with Crippen LogP contribution in [0.4, 0.5) is 0 Å². The van der Waals surface area contributed by atoms with Gasteiger partial charge in [0.2, 0.25) is 0 Å². The number of ether oxygens (including phenoxy) is 1. The van der Waals surface area contributed by atoms with Crippen LogP contribution in [0.2, 0.25) is 0 Å². The third kappa shape index (κ3) is 1.57. The first kappa shape index (κ1) is 10.0. The number of nitriles is 1. The van der Waals surface area contributed by atoms with Gasteiger partial charge in [-0.3, -0.25) is 0 Å². The first-order valence-corrected chi connectivity index (χ1v) is 5.03. The maximum Gasteiger partial charge on any atom is 0.123 e. The van der Waals surface area contributed by atoms with E-state index in [1.807, 2.05) is 24.3 Å². The molecule has 1 aliphatic rings. The maximum absolute atomic E-state index is 9.08. The molecule has 15 heavy (non-hydrogen) atoms. The van der Waals surface area contributed by atoms with Crippen LogP contribution in [-0.2, 0) is 0 Å². The van der Waals surface area contributed by atoms with Gasteiger partial charge in [-0.2, -0.15) is 5.26 Å². The highest BCUT2D eigenvalue weighted by molar-refractivity contribution is 5.39. The van der Waals surface area contributed by atoms with Crippen molar-refractivity contribution in [2.75, 3.05) is 7.11 Å². The summed E-state index contributed by atoms with van der Waals surface area (Å²) >= 11 is 0. The van der Waals surface area contributed by atoms with Crippen molar-refractivity contribution in [3.8, 4) is 11.8 Å². The lowest BCUT2D eigenvalue weighted by molar-refractivity contribution is 0.396. The van der Waals surface area contributed by atoms with Crippen LogP contribution in [0, 0.1) is 16.7 Å². The molecule has 1 aromatic carbocycles. The van der Waals surface area contributed by atoms with Crippen molar-refractivity contribution in [2.45, 2.75) is 18.9 Å². The van der Waals surface area contributed by atoms with E-state index in [0.29, 0.717) is 0 Å². The topological polar surface area (TPSA) is 59.0 Å². The molecule has 1 atom stereocenters. The van der Waals surface area contributed by atoms with Crippen molar-refractivity contribution in [3.63, 3.8) is 0 Å². The SMILES string of the molecule is COc1ccccc1C(N)C1(C#N)CC1. The molecule has 3 nitrogen and oxygen atoms in total. The lowest BCUT2D eigenvalue weighted by Crippen LogP contribution is -2.22. The lowest BCUT2D eigenvalue weighted by Gasteiger charge is -2.19. The molecule has 0 spiro atoms. The fourth-order valence-electron chi connectivity index (χ4n) is 1.85. The van der Waals surface area contributed by atoms with Gasteiger partial charge in [0.05, 0.1) is 24.6 Å². The molecule has 0 saturated heterocycles. The van der Waals surface area contributed by atoms with Gasteiger partial charge in [0, 0.05) is 5.56 Å². The van der Waals surface area contributed by atoms with E-state index in [2.05, 4.69) is 6.07 Å². The molecule has 1 fully saturated rings. The summed E-state index contributed by atoms with van der Waals surface area (Å²) in [4.78, 5) is 0. The molecule has 2 N–H and O–H groups in total. The molecule has 78 valence electrons. The summed E-state index contributed by atoms with van der Waals surface area (Å²) in [6.07, 6.45) is 1.78. The molecular weight excluding hydrogens is 188 g/mol. The van der Waals surface area contributed by atoms with Crippen molar-refractivity contribution in [3.05, 3.63) is 29.8 Å². The summed E-state index contributed by atoms with van der Waals surface area (Å²) in [5, 5.41) is 9.08. The minimum Gasteiger partial charge on any atom is -0.496 e. The zero-order valence-corrected chi connectivity index (χ0v) is 8.73. The van der Waals surface area contributed by atoms with E-state index in [9.17, 15) is 0 Å². The standard InChI is InChI=1S/C12H14N2O/c1-15-10-5-3-2-4-9(10)11(14)12(8-13)6-7-12/h2-5,11H,6-7,14H2,1H3. The Morgan fingerprint density at radius 1 is 1.47 bits per heavy atom. The van der Waals surface area contributed by atoms with Gasteiger partial charge in [-0.15, -0.1) is 0 Å². The fraction of sp³-hybridized carbons (Fsp3) is 0.417. The molecule has 0 aliphatic heterocycles. The monoisotopic (exact) mass is 202 g/mol. The van der Waals surface area contributed by atoms with E-state index in [-0.39, 0.29) is 11.5 Å². The van der Waals surface area contributed by atoms with E-state index in [4.69, 9.17) is 15.7 Å². The first-order valence-electron chi connectivity index (χ1n) is 5.03. The second kappa shape index (κ2) is 3.56. The molecule has 2 rings (SSSR count). The van der Waals surface area contributed by atoms with Crippen LogP contribution >= 0.6 is 0 Å². The molecule has 1 saturated carbocycles. The van der Waals surface area contributed by atoms with Crippen LogP contribution in [0.1, 0.15) is 24.4 Å². The number of nitrogens with two attached hydrogens (primary N) is 1. The second-order valence-corrected chi connectivity index (χ2v) is 3.99. The van der Waals surface area contributed by atoms with Crippen molar-refractivity contribution < 1.29 is 4.74 Å². The summed E-state index contributed by atoms with van der Waals surface area (Å²) in [7, 11) is 1.62. The van der Waals surface area contributed by atoms with Gasteiger partial charge in [0.25, 0.3) is 0 Å². The highest BCUT2D eigenvalue weighted by Crippen LogP contribution is 2.54. The van der Waals surface area contributed by atoms with Crippen molar-refractivity contribution in [2.24, 2.45) is 11.1 Å². The Morgan fingerprint density at radius 2 is 2.13 bits per heavy atom. The number of benzene rings is 1. The minimum absolute atomic E-state index is 0.237. The Balaban J connectivity index is 2.34. The summed E-state index contributed by atoms with van der Waals surface area (Å²) in [6, 6.07) is 9.72. The smallest absolute Gasteiger partial charge is 0.123 e. The summed E-state index contributed by atoms with van der Waals surface area (Å²) < 4.78 is 5.24. The number of methoxy groups -OCH3 is 1. The number of para-hydroxylation sites is 1. The number of hydrogen-bond acceptors (Lipinski definition) is 3. The summed E-state index contributed by atoms with van der Waals surface area (Å²) in [6.45, 7) is 0. The molecule has 0 heterocycles. The minimum atomic E-state index is -0.353. The van der Waals surface area contributed by atoms with E-state index < -0.39 is 0 Å². The van der Waals surface area contributed by atoms with Crippen molar-refractivity contribution in [1.82, 2.24) is 0 Å². The Hall–Kier alpha value is -1.53. The molecular formula is C12H14N2O. The van der Waals surface area contributed by atoms with Crippen LogP contribution in [-0.4, -0.2) is 7.11 Å². The lowest BCUT2D eigenvalue weighted by atomic mass is 9.91. The molecule has 1 unspecified atom stereocenters. The van der Waals surface area contributed by atoms with Gasteiger partial charge < -0.3 is 10.5 Å². The number of hydrogen-bond donors (Lipinski definition) is 1. The zero-order chi connectivity index (χ0) is 10.9. The predicted octanol–water partition coefficient (Wildman–Crippen LogP) is 2.00. The third-order valence-corrected chi connectivity index (χ3v) is 3.08. The molecule has 3 heteroatoms. The van der Waals surface area contributed by atoms with Gasteiger partial charge in [0.15, 0.2) is 0 Å². The van der Waals surface area contributed by atoms with Crippen LogP contribution < -0.4 is 10.5 Å². The Bertz CT molecular complexity index is 404. The normalized spacial score (nSPS) is 19.0. The third-order valence-electron chi connectivity index (χ3n) is 3.08. The van der Waals surface area contributed by atoms with Crippen LogP contribution in [0.15, 0.2) is 24.3 Å². The Labute approximate surface area is 89.5 Å². The average Bonchev–Trinajstić information content (AvgIpc) is 3.09. The fourth-order valence-corrected chi connectivity index (χ4v) is 1.85. The van der Waals surface area contributed by atoms with Crippen molar-refractivity contribution in [1.29, 1.82) is 5.26 Å². The molecule has 1 aromatic rings. The molecule has 0 aromatic heterocycles. The summed E-state index contributed by atoms with van der Waals surface area (Å²) in [5.41, 5.74) is 6.70. The predicted molar refractivity (Wildman–Crippen MR) is 57.2 cm³/mol. The van der Waals surface area contributed by atoms with Crippen LogP contribution in [0.25, 0.3) is 0 Å². The van der Waals surface area contributed by atoms with Crippen molar-refractivity contribution >= 4 is 0 Å². The number of nitrogens with zero attached hydrogens (tertiary/aromatic N) is 1. The van der Waals surface area contributed by atoms with Gasteiger partial charge in [-0.05, 0) is 18.9 Å². The molecule has 0 radical (unpaired) electrons. The molecule has 1 aliphatic carbocycles. The quantitative estimate of drug-likeness (QED) is 0.815. The Morgan fingerprint density at radius 3 is 2.67 bits per heavy atom. The van der Waals surface area contributed by atoms with E-state index in [1.165, 1.54) is 0 Å². The van der Waals surface area contributed by atoms with Gasteiger partial charge >= 0.3 is 0 Å². The van der Waals surface area contributed by atoms with Gasteiger partial charge in [-0.25, -0.2) is 0 Å². The highest BCUT2D eigenvalue weighted by atomic mass is 16.5. The highest BCUT2D eigenvalue weighted by Gasteiger charge is 2.49. The number of rotatable bonds is 3. The van der Waals surface area contributed by atoms with Gasteiger partial charge in [-0.1, -0.05) is 18.2 Å². The van der Waals surface area contributed by atoms with E-state index in [1.54, 1.807) is 7.11 Å². The molecule has 0 amide bonds. The molecule has 0 bridgehead atoms. The van der Waals surface area contributed by atoms with E-state index >= 15 is 0 Å². The average molecular weight is 202 g/mol. The maximum atomic E-state index is 9.08.